The predicted molar refractivity (Wildman–Crippen MR) is 64.1 cm³/mol. The number of alkyl halides is 1. The predicted octanol–water partition coefficient (Wildman–Crippen LogP) is 3.44. The summed E-state index contributed by atoms with van der Waals surface area (Å²) in [6.07, 6.45) is 8.50. The van der Waals surface area contributed by atoms with Crippen LogP contribution in [0.2, 0.25) is 0 Å². The quantitative estimate of drug-likeness (QED) is 0.529. The smallest absolute Gasteiger partial charge is 0.106 e. The molecule has 3 heteroatoms. The lowest BCUT2D eigenvalue weighted by Gasteiger charge is -1.82. The molecule has 0 atom stereocenters. The summed E-state index contributed by atoms with van der Waals surface area (Å²) in [5, 5.41) is 0. The maximum absolute atomic E-state index is 8.00. The molecule has 1 aliphatic carbocycles. The Morgan fingerprint density at radius 2 is 1.71 bits per heavy atom. The Hall–Kier alpha value is -0.340. The number of methoxy groups -OCH3 is 1. The van der Waals surface area contributed by atoms with Gasteiger partial charge in [-0.15, -0.1) is 11.6 Å². The molecule has 0 fully saturated rings. The fourth-order valence-electron chi connectivity index (χ4n) is 0.666. The lowest BCUT2D eigenvalue weighted by Crippen LogP contribution is -1.85. The van der Waals surface area contributed by atoms with Crippen LogP contribution in [-0.2, 0) is 9.53 Å². The Bertz CT molecular complexity index is 87.3. The average Bonchev–Trinajstić information content (AvgIpc) is 2.83. The number of allylic oxidation sites excluding steroid dienone is 2. The second kappa shape index (κ2) is 29.3. The molecule has 0 saturated carbocycles. The zero-order valence-corrected chi connectivity index (χ0v) is 10.3. The summed E-state index contributed by atoms with van der Waals surface area (Å²) in [4.78, 5) is 8.00. The zero-order valence-electron chi connectivity index (χ0n) is 9.59. The van der Waals surface area contributed by atoms with Crippen molar-refractivity contribution in [3.8, 4) is 0 Å². The first kappa shape index (κ1) is 19.3. The molecule has 2 nitrogen and oxygen atoms in total. The maximum Gasteiger partial charge on any atom is 0.106 e. The number of carbonyl (C=O) groups excluding carboxylic acids is 1. The van der Waals surface area contributed by atoms with Crippen LogP contribution in [0.3, 0.4) is 0 Å². The highest BCUT2D eigenvalue weighted by atomic mass is 35.5. The number of ether oxygens (including phenoxy) is 1. The van der Waals surface area contributed by atoms with Crippen molar-refractivity contribution in [3.05, 3.63) is 12.2 Å². The minimum Gasteiger partial charge on any atom is -0.383 e. The van der Waals surface area contributed by atoms with E-state index in [1.54, 1.807) is 7.11 Å². The van der Waals surface area contributed by atoms with E-state index in [1.807, 2.05) is 20.6 Å². The number of rotatable bonds is 2. The maximum atomic E-state index is 8.00. The van der Waals surface area contributed by atoms with Crippen molar-refractivity contribution >= 4 is 18.4 Å². The van der Waals surface area contributed by atoms with Gasteiger partial charge < -0.3 is 9.53 Å². The molecule has 0 aliphatic heterocycles. The van der Waals surface area contributed by atoms with Crippen LogP contribution in [0.1, 0.15) is 33.1 Å². The molecular weight excluding hydrogens is 200 g/mol. The van der Waals surface area contributed by atoms with Crippen LogP contribution in [0.15, 0.2) is 12.2 Å². The summed E-state index contributed by atoms with van der Waals surface area (Å²) >= 11 is 5.18. The van der Waals surface area contributed by atoms with Gasteiger partial charge in [0.25, 0.3) is 0 Å². The topological polar surface area (TPSA) is 26.3 Å². The Balaban J connectivity index is -0.000000128. The standard InChI is InChI=1S/C5H8.C3H7ClO.C2H6.CH2O/c1-2-4-5-3-1;1-5-3-2-4;2*1-2/h1-2H,3-5H2;2-3H2,1H3;1-2H3;1H2. The highest BCUT2D eigenvalue weighted by molar-refractivity contribution is 6.17. The SMILES string of the molecule is C1=CCCC1.C=O.CC.COCCCl. The summed E-state index contributed by atoms with van der Waals surface area (Å²) in [6, 6.07) is 0. The monoisotopic (exact) mass is 222 g/mol. The molecule has 1 rings (SSSR count). The van der Waals surface area contributed by atoms with Crippen molar-refractivity contribution in [1.82, 2.24) is 0 Å². The average molecular weight is 223 g/mol. The molecule has 0 radical (unpaired) electrons. The number of halogens is 1. The van der Waals surface area contributed by atoms with E-state index >= 15 is 0 Å². The van der Waals surface area contributed by atoms with Crippen LogP contribution in [-0.4, -0.2) is 26.4 Å². The number of hydrogen-bond acceptors (Lipinski definition) is 2. The fourth-order valence-corrected chi connectivity index (χ4v) is 0.821. The summed E-state index contributed by atoms with van der Waals surface area (Å²) in [5.41, 5.74) is 0. The number of hydrogen-bond donors (Lipinski definition) is 0. The molecule has 1 aliphatic rings. The van der Waals surface area contributed by atoms with Crippen LogP contribution in [0.4, 0.5) is 0 Å². The van der Waals surface area contributed by atoms with E-state index in [-0.39, 0.29) is 0 Å². The van der Waals surface area contributed by atoms with E-state index in [0.29, 0.717) is 12.5 Å². The van der Waals surface area contributed by atoms with Gasteiger partial charge in [-0.2, -0.15) is 0 Å². The molecule has 14 heavy (non-hydrogen) atoms. The van der Waals surface area contributed by atoms with Gasteiger partial charge in [-0.05, 0) is 19.3 Å². The lowest BCUT2D eigenvalue weighted by atomic mass is 10.4. The van der Waals surface area contributed by atoms with Crippen LogP contribution < -0.4 is 0 Å². The summed E-state index contributed by atoms with van der Waals surface area (Å²) < 4.78 is 4.56. The second-order valence-corrected chi connectivity index (χ2v) is 2.46. The van der Waals surface area contributed by atoms with Gasteiger partial charge in [0, 0.05) is 13.0 Å². The Labute approximate surface area is 93.3 Å². The van der Waals surface area contributed by atoms with Crippen LogP contribution >= 0.6 is 11.6 Å². The highest BCUT2D eigenvalue weighted by Gasteiger charge is 1.84. The largest absolute Gasteiger partial charge is 0.383 e. The van der Waals surface area contributed by atoms with E-state index in [2.05, 4.69) is 16.9 Å². The molecule has 0 heterocycles. The second-order valence-electron chi connectivity index (χ2n) is 2.08. The molecule has 0 aromatic rings. The Morgan fingerprint density at radius 3 is 1.79 bits per heavy atom. The van der Waals surface area contributed by atoms with Gasteiger partial charge in [0.2, 0.25) is 0 Å². The normalized spacial score (nSPS) is 11.1. The first-order chi connectivity index (χ1) is 6.91. The van der Waals surface area contributed by atoms with E-state index in [4.69, 9.17) is 16.4 Å². The van der Waals surface area contributed by atoms with Crippen LogP contribution in [0.25, 0.3) is 0 Å². The van der Waals surface area contributed by atoms with Crippen molar-refractivity contribution in [3.63, 3.8) is 0 Å². The van der Waals surface area contributed by atoms with Crippen LogP contribution in [0, 0.1) is 0 Å². The van der Waals surface area contributed by atoms with Gasteiger partial charge in [0.05, 0.1) is 6.61 Å². The number of carbonyl (C=O) groups is 1. The molecule has 86 valence electrons. The van der Waals surface area contributed by atoms with Crippen molar-refractivity contribution in [2.45, 2.75) is 33.1 Å². The fraction of sp³-hybridized carbons (Fsp3) is 0.727. The third kappa shape index (κ3) is 29.9. The molecular formula is C11H23ClO2. The van der Waals surface area contributed by atoms with Crippen molar-refractivity contribution in [2.24, 2.45) is 0 Å². The van der Waals surface area contributed by atoms with Crippen molar-refractivity contribution in [1.29, 1.82) is 0 Å². The Morgan fingerprint density at radius 1 is 1.29 bits per heavy atom. The van der Waals surface area contributed by atoms with Crippen molar-refractivity contribution in [2.75, 3.05) is 19.6 Å². The molecule has 0 saturated heterocycles. The van der Waals surface area contributed by atoms with E-state index in [1.165, 1.54) is 19.3 Å². The third-order valence-corrected chi connectivity index (χ3v) is 1.34. The van der Waals surface area contributed by atoms with Gasteiger partial charge >= 0.3 is 0 Å². The van der Waals surface area contributed by atoms with E-state index in [0.717, 1.165) is 0 Å². The molecule has 0 unspecified atom stereocenters. The van der Waals surface area contributed by atoms with Gasteiger partial charge in [-0.25, -0.2) is 0 Å². The van der Waals surface area contributed by atoms with Crippen molar-refractivity contribution < 1.29 is 9.53 Å². The van der Waals surface area contributed by atoms with Gasteiger partial charge in [0.1, 0.15) is 6.79 Å². The first-order valence-electron chi connectivity index (χ1n) is 4.90. The van der Waals surface area contributed by atoms with E-state index in [9.17, 15) is 0 Å². The molecule has 0 bridgehead atoms. The molecule has 0 N–H and O–H groups in total. The minimum absolute atomic E-state index is 0.594. The summed E-state index contributed by atoms with van der Waals surface area (Å²) in [6.45, 7) is 6.65. The molecule has 0 aromatic carbocycles. The third-order valence-electron chi connectivity index (χ3n) is 1.19. The van der Waals surface area contributed by atoms with E-state index < -0.39 is 0 Å². The Kier molecular flexibility index (Phi) is 40.4. The van der Waals surface area contributed by atoms with Gasteiger partial charge in [-0.3, -0.25) is 0 Å². The van der Waals surface area contributed by atoms with Gasteiger partial charge in [0.15, 0.2) is 0 Å². The highest BCUT2D eigenvalue weighted by Crippen LogP contribution is 2.05. The minimum atomic E-state index is 0.594. The van der Waals surface area contributed by atoms with Gasteiger partial charge in [-0.1, -0.05) is 26.0 Å². The first-order valence-corrected chi connectivity index (χ1v) is 5.44. The van der Waals surface area contributed by atoms with Crippen LogP contribution in [0.5, 0.6) is 0 Å². The molecule has 0 amide bonds. The zero-order chi connectivity index (χ0) is 11.7. The lowest BCUT2D eigenvalue weighted by molar-refractivity contribution is -0.0979. The molecule has 0 aromatic heterocycles. The summed E-state index contributed by atoms with van der Waals surface area (Å²) in [5.74, 6) is 0.594. The summed E-state index contributed by atoms with van der Waals surface area (Å²) in [7, 11) is 1.63. The molecule has 0 spiro atoms.